The van der Waals surface area contributed by atoms with E-state index in [9.17, 15) is 13.2 Å². The SMILES string of the molecule is Fc1cccc(Oc2noc(C3CCCN(c4cc(F)cc(F)c4)C3)n2)c1. The van der Waals surface area contributed by atoms with Gasteiger partial charge < -0.3 is 14.2 Å². The quantitative estimate of drug-likeness (QED) is 0.664. The molecule has 1 fully saturated rings. The van der Waals surface area contributed by atoms with Crippen LogP contribution in [0.3, 0.4) is 0 Å². The van der Waals surface area contributed by atoms with E-state index in [2.05, 4.69) is 10.1 Å². The third-order valence-electron chi connectivity index (χ3n) is 4.41. The highest BCUT2D eigenvalue weighted by atomic mass is 19.1. The van der Waals surface area contributed by atoms with E-state index >= 15 is 0 Å². The van der Waals surface area contributed by atoms with Crippen molar-refractivity contribution >= 4 is 5.69 Å². The summed E-state index contributed by atoms with van der Waals surface area (Å²) >= 11 is 0. The Morgan fingerprint density at radius 3 is 2.63 bits per heavy atom. The van der Waals surface area contributed by atoms with Crippen LogP contribution >= 0.6 is 0 Å². The van der Waals surface area contributed by atoms with Crippen LogP contribution in [0.5, 0.6) is 11.8 Å². The van der Waals surface area contributed by atoms with E-state index < -0.39 is 17.5 Å². The molecular weight excluding hydrogens is 359 g/mol. The first-order valence-corrected chi connectivity index (χ1v) is 8.55. The van der Waals surface area contributed by atoms with Crippen molar-refractivity contribution in [3.05, 3.63) is 65.8 Å². The normalized spacial score (nSPS) is 17.1. The van der Waals surface area contributed by atoms with Crippen molar-refractivity contribution in [3.63, 3.8) is 0 Å². The molecule has 0 bridgehead atoms. The van der Waals surface area contributed by atoms with Gasteiger partial charge in [0, 0.05) is 30.9 Å². The van der Waals surface area contributed by atoms with Crippen LogP contribution < -0.4 is 9.64 Å². The molecule has 27 heavy (non-hydrogen) atoms. The zero-order valence-corrected chi connectivity index (χ0v) is 14.2. The highest BCUT2D eigenvalue weighted by Crippen LogP contribution is 2.31. The maximum Gasteiger partial charge on any atom is 0.359 e. The van der Waals surface area contributed by atoms with Crippen LogP contribution in [0.4, 0.5) is 18.9 Å². The Hall–Kier alpha value is -3.03. The predicted octanol–water partition coefficient (Wildman–Crippen LogP) is 4.66. The summed E-state index contributed by atoms with van der Waals surface area (Å²) in [5.74, 6) is -1.11. The second kappa shape index (κ2) is 7.30. The standard InChI is InChI=1S/C19H16F3N3O2/c20-13-4-1-5-17(10-13)26-19-23-18(27-24-19)12-3-2-6-25(11-12)16-8-14(21)7-15(22)9-16/h1,4-5,7-10,12H,2-3,6,11H2. The number of hydrogen-bond acceptors (Lipinski definition) is 5. The third kappa shape index (κ3) is 4.05. The number of piperidine rings is 1. The number of nitrogens with zero attached hydrogens (tertiary/aromatic N) is 3. The zero-order chi connectivity index (χ0) is 18.8. The molecule has 4 rings (SSSR count). The van der Waals surface area contributed by atoms with Gasteiger partial charge in [0.05, 0.1) is 5.92 Å². The predicted molar refractivity (Wildman–Crippen MR) is 91.3 cm³/mol. The summed E-state index contributed by atoms with van der Waals surface area (Å²) in [5, 5.41) is 3.77. The number of benzene rings is 2. The van der Waals surface area contributed by atoms with Gasteiger partial charge in [0.15, 0.2) is 0 Å². The van der Waals surface area contributed by atoms with Crippen molar-refractivity contribution in [3.8, 4) is 11.8 Å². The summed E-state index contributed by atoms with van der Waals surface area (Å²) < 4.78 is 50.9. The lowest BCUT2D eigenvalue weighted by atomic mass is 9.97. The van der Waals surface area contributed by atoms with Crippen molar-refractivity contribution < 1.29 is 22.4 Å². The Kier molecular flexibility index (Phi) is 4.70. The second-order valence-corrected chi connectivity index (χ2v) is 6.39. The summed E-state index contributed by atoms with van der Waals surface area (Å²) in [4.78, 5) is 6.11. The molecule has 140 valence electrons. The Labute approximate surface area is 153 Å². The van der Waals surface area contributed by atoms with E-state index in [0.717, 1.165) is 18.9 Å². The number of rotatable bonds is 4. The fraction of sp³-hybridized carbons (Fsp3) is 0.263. The molecule has 0 spiro atoms. The first kappa shape index (κ1) is 17.4. The average Bonchev–Trinajstić information content (AvgIpc) is 3.09. The molecule has 0 N–H and O–H groups in total. The minimum Gasteiger partial charge on any atom is -0.422 e. The minimum absolute atomic E-state index is 0.00970. The molecule has 1 unspecified atom stereocenters. The van der Waals surface area contributed by atoms with Crippen LogP contribution in [-0.2, 0) is 0 Å². The molecule has 0 amide bonds. The maximum atomic E-state index is 13.5. The Balaban J connectivity index is 1.48. The van der Waals surface area contributed by atoms with Crippen molar-refractivity contribution in [1.29, 1.82) is 0 Å². The molecule has 2 aromatic carbocycles. The van der Waals surface area contributed by atoms with Gasteiger partial charge in [-0.25, -0.2) is 13.2 Å². The van der Waals surface area contributed by atoms with E-state index in [-0.39, 0.29) is 17.7 Å². The third-order valence-corrected chi connectivity index (χ3v) is 4.41. The Morgan fingerprint density at radius 1 is 1.04 bits per heavy atom. The molecule has 0 aliphatic carbocycles. The fourth-order valence-electron chi connectivity index (χ4n) is 3.20. The van der Waals surface area contributed by atoms with Crippen molar-refractivity contribution in [1.82, 2.24) is 10.1 Å². The zero-order valence-electron chi connectivity index (χ0n) is 14.2. The van der Waals surface area contributed by atoms with Gasteiger partial charge in [0.1, 0.15) is 23.2 Å². The molecule has 0 saturated carbocycles. The van der Waals surface area contributed by atoms with Gasteiger partial charge in [-0.2, -0.15) is 4.98 Å². The number of anilines is 1. The number of ether oxygens (including phenoxy) is 1. The Morgan fingerprint density at radius 2 is 1.85 bits per heavy atom. The first-order valence-electron chi connectivity index (χ1n) is 8.55. The smallest absolute Gasteiger partial charge is 0.359 e. The summed E-state index contributed by atoms with van der Waals surface area (Å²) in [7, 11) is 0. The van der Waals surface area contributed by atoms with E-state index in [1.165, 1.54) is 30.3 Å². The van der Waals surface area contributed by atoms with Crippen LogP contribution in [0.15, 0.2) is 47.0 Å². The summed E-state index contributed by atoms with van der Waals surface area (Å²) in [6, 6.07) is 9.07. The molecule has 1 aromatic heterocycles. The summed E-state index contributed by atoms with van der Waals surface area (Å²) in [6.07, 6.45) is 1.61. The molecule has 1 aliphatic rings. The van der Waals surface area contributed by atoms with Gasteiger partial charge in [0.2, 0.25) is 5.89 Å². The summed E-state index contributed by atoms with van der Waals surface area (Å²) in [6.45, 7) is 1.17. The molecule has 5 nitrogen and oxygen atoms in total. The van der Waals surface area contributed by atoms with Crippen molar-refractivity contribution in [2.24, 2.45) is 0 Å². The molecule has 3 aromatic rings. The van der Waals surface area contributed by atoms with Crippen LogP contribution in [-0.4, -0.2) is 23.2 Å². The van der Waals surface area contributed by atoms with Gasteiger partial charge >= 0.3 is 6.01 Å². The molecular formula is C19H16F3N3O2. The van der Waals surface area contributed by atoms with Crippen LogP contribution in [0.2, 0.25) is 0 Å². The first-order chi connectivity index (χ1) is 13.1. The number of aromatic nitrogens is 2. The van der Waals surface area contributed by atoms with Gasteiger partial charge in [-0.15, -0.1) is 0 Å². The highest BCUT2D eigenvalue weighted by molar-refractivity contribution is 5.47. The van der Waals surface area contributed by atoms with E-state index in [1.807, 2.05) is 4.90 Å². The number of halogens is 3. The van der Waals surface area contributed by atoms with E-state index in [4.69, 9.17) is 9.26 Å². The topological polar surface area (TPSA) is 51.4 Å². The van der Waals surface area contributed by atoms with Crippen LogP contribution in [0.1, 0.15) is 24.7 Å². The van der Waals surface area contributed by atoms with Crippen LogP contribution in [0.25, 0.3) is 0 Å². The minimum atomic E-state index is -0.615. The summed E-state index contributed by atoms with van der Waals surface area (Å²) in [5.41, 5.74) is 0.480. The van der Waals surface area contributed by atoms with Gasteiger partial charge in [0.25, 0.3) is 0 Å². The lowest BCUT2D eigenvalue weighted by Crippen LogP contribution is -2.34. The van der Waals surface area contributed by atoms with E-state index in [1.54, 1.807) is 6.07 Å². The number of hydrogen-bond donors (Lipinski definition) is 0. The van der Waals surface area contributed by atoms with Crippen LogP contribution in [0, 0.1) is 17.5 Å². The fourth-order valence-corrected chi connectivity index (χ4v) is 3.20. The van der Waals surface area contributed by atoms with Crippen molar-refractivity contribution in [2.45, 2.75) is 18.8 Å². The van der Waals surface area contributed by atoms with Gasteiger partial charge in [-0.05, 0) is 42.3 Å². The molecule has 1 aliphatic heterocycles. The lowest BCUT2D eigenvalue weighted by Gasteiger charge is -2.32. The largest absolute Gasteiger partial charge is 0.422 e. The maximum absolute atomic E-state index is 13.5. The Bertz CT molecular complexity index is 927. The molecule has 1 atom stereocenters. The average molecular weight is 375 g/mol. The van der Waals surface area contributed by atoms with Gasteiger partial charge in [-0.3, -0.25) is 0 Å². The van der Waals surface area contributed by atoms with E-state index in [0.29, 0.717) is 24.7 Å². The monoisotopic (exact) mass is 375 g/mol. The molecule has 2 heterocycles. The van der Waals surface area contributed by atoms with Crippen molar-refractivity contribution in [2.75, 3.05) is 18.0 Å². The lowest BCUT2D eigenvalue weighted by molar-refractivity contribution is 0.319. The second-order valence-electron chi connectivity index (χ2n) is 6.39. The van der Waals surface area contributed by atoms with Gasteiger partial charge in [-0.1, -0.05) is 6.07 Å². The highest BCUT2D eigenvalue weighted by Gasteiger charge is 2.27. The molecule has 8 heteroatoms. The molecule has 0 radical (unpaired) electrons. The molecule has 1 saturated heterocycles.